The molecule has 5 heteroatoms. The van der Waals surface area contributed by atoms with Crippen LogP contribution in [-0.4, -0.2) is 22.7 Å². The summed E-state index contributed by atoms with van der Waals surface area (Å²) in [5.74, 6) is -0.203. The smallest absolute Gasteiger partial charge is 0.272 e. The minimum atomic E-state index is -0.203. The summed E-state index contributed by atoms with van der Waals surface area (Å²) >= 11 is 0. The van der Waals surface area contributed by atoms with Crippen LogP contribution in [0.5, 0.6) is 0 Å². The minimum Gasteiger partial charge on any atom is -0.399 e. The third-order valence-electron chi connectivity index (χ3n) is 2.32. The van der Waals surface area contributed by atoms with E-state index in [0.717, 1.165) is 10.9 Å². The van der Waals surface area contributed by atoms with Gasteiger partial charge in [-0.2, -0.15) is 5.10 Å². The summed E-state index contributed by atoms with van der Waals surface area (Å²) in [4.78, 5) is 11.5. The predicted octanol–water partition coefficient (Wildman–Crippen LogP) is 0.515. The number of amides is 1. The molecule has 0 fully saturated rings. The molecule has 1 heterocycles. The number of nitrogens with two attached hydrogens (primary N) is 1. The highest BCUT2D eigenvalue weighted by molar-refractivity contribution is 6.05. The predicted molar refractivity (Wildman–Crippen MR) is 58.5 cm³/mol. The number of hydrogen-bond acceptors (Lipinski definition) is 3. The second-order valence-corrected chi connectivity index (χ2v) is 3.33. The van der Waals surface area contributed by atoms with E-state index < -0.39 is 0 Å². The van der Waals surface area contributed by atoms with Crippen LogP contribution in [0.2, 0.25) is 0 Å². The lowest BCUT2D eigenvalue weighted by Gasteiger charge is -1.96. The number of nitrogen functional groups attached to an aromatic ring is 1. The Balaban J connectivity index is 2.75. The van der Waals surface area contributed by atoms with E-state index >= 15 is 0 Å². The maximum Gasteiger partial charge on any atom is 0.272 e. The minimum absolute atomic E-state index is 0.203. The third kappa shape index (κ3) is 1.41. The fraction of sp³-hybridized carbons (Fsp3) is 0.200. The third-order valence-corrected chi connectivity index (χ3v) is 2.32. The van der Waals surface area contributed by atoms with E-state index in [4.69, 9.17) is 5.73 Å². The molecule has 1 aromatic heterocycles. The van der Waals surface area contributed by atoms with E-state index in [2.05, 4.69) is 10.4 Å². The van der Waals surface area contributed by atoms with Crippen molar-refractivity contribution in [2.75, 3.05) is 12.8 Å². The van der Waals surface area contributed by atoms with Crippen LogP contribution >= 0.6 is 0 Å². The number of hydrogen-bond donors (Lipinski definition) is 2. The van der Waals surface area contributed by atoms with Crippen LogP contribution in [0.25, 0.3) is 10.9 Å². The number of carbonyl (C=O) groups excluding carboxylic acids is 1. The van der Waals surface area contributed by atoms with Gasteiger partial charge in [-0.25, -0.2) is 0 Å². The second-order valence-electron chi connectivity index (χ2n) is 3.33. The van der Waals surface area contributed by atoms with Gasteiger partial charge in [0.05, 0.1) is 5.52 Å². The first-order chi connectivity index (χ1) is 7.13. The average molecular weight is 204 g/mol. The van der Waals surface area contributed by atoms with Crippen LogP contribution in [-0.2, 0) is 7.05 Å². The molecule has 0 spiro atoms. The number of nitrogens with zero attached hydrogens (tertiary/aromatic N) is 2. The Morgan fingerprint density at radius 1 is 1.53 bits per heavy atom. The van der Waals surface area contributed by atoms with Gasteiger partial charge in [0.25, 0.3) is 5.91 Å². The largest absolute Gasteiger partial charge is 0.399 e. The van der Waals surface area contributed by atoms with Crippen LogP contribution in [0.15, 0.2) is 18.2 Å². The van der Waals surface area contributed by atoms with Gasteiger partial charge in [-0.1, -0.05) is 0 Å². The highest BCUT2D eigenvalue weighted by Gasteiger charge is 2.14. The number of nitrogens with one attached hydrogen (secondary N) is 1. The van der Waals surface area contributed by atoms with E-state index in [1.807, 2.05) is 6.07 Å². The first kappa shape index (κ1) is 9.51. The molecule has 0 aliphatic rings. The van der Waals surface area contributed by atoms with Crippen molar-refractivity contribution in [2.45, 2.75) is 0 Å². The number of rotatable bonds is 1. The average Bonchev–Trinajstić information content (AvgIpc) is 2.54. The van der Waals surface area contributed by atoms with Crippen molar-refractivity contribution in [1.29, 1.82) is 0 Å². The second kappa shape index (κ2) is 3.27. The van der Waals surface area contributed by atoms with Gasteiger partial charge < -0.3 is 11.1 Å². The lowest BCUT2D eigenvalue weighted by molar-refractivity contribution is 0.0959. The van der Waals surface area contributed by atoms with Crippen molar-refractivity contribution >= 4 is 22.5 Å². The number of carbonyl (C=O) groups is 1. The maximum atomic E-state index is 11.5. The normalized spacial score (nSPS) is 10.5. The zero-order valence-electron chi connectivity index (χ0n) is 8.61. The van der Waals surface area contributed by atoms with Crippen molar-refractivity contribution in [3.05, 3.63) is 23.9 Å². The summed E-state index contributed by atoms with van der Waals surface area (Å²) in [7, 11) is 3.38. The Bertz CT molecular complexity index is 529. The summed E-state index contributed by atoms with van der Waals surface area (Å²) in [6, 6.07) is 5.40. The molecule has 0 radical (unpaired) electrons. The molecule has 2 rings (SSSR count). The molecule has 15 heavy (non-hydrogen) atoms. The molecule has 0 bridgehead atoms. The molecule has 0 atom stereocenters. The van der Waals surface area contributed by atoms with E-state index in [0.29, 0.717) is 11.4 Å². The topological polar surface area (TPSA) is 72.9 Å². The Morgan fingerprint density at radius 3 is 2.93 bits per heavy atom. The van der Waals surface area contributed by atoms with Crippen molar-refractivity contribution in [3.8, 4) is 0 Å². The first-order valence-electron chi connectivity index (χ1n) is 4.58. The Hall–Kier alpha value is -2.04. The highest BCUT2D eigenvalue weighted by Crippen LogP contribution is 2.20. The Morgan fingerprint density at radius 2 is 2.27 bits per heavy atom. The van der Waals surface area contributed by atoms with Gasteiger partial charge in [0, 0.05) is 25.2 Å². The number of aromatic nitrogens is 2. The lowest BCUT2D eigenvalue weighted by atomic mass is 10.2. The van der Waals surface area contributed by atoms with Crippen molar-refractivity contribution < 1.29 is 4.79 Å². The van der Waals surface area contributed by atoms with Crippen molar-refractivity contribution in [2.24, 2.45) is 7.05 Å². The van der Waals surface area contributed by atoms with Gasteiger partial charge in [-0.05, 0) is 18.2 Å². The molecule has 3 N–H and O–H groups in total. The van der Waals surface area contributed by atoms with Crippen molar-refractivity contribution in [3.63, 3.8) is 0 Å². The molecule has 0 saturated carbocycles. The van der Waals surface area contributed by atoms with Gasteiger partial charge in [-0.15, -0.1) is 0 Å². The van der Waals surface area contributed by atoms with Crippen LogP contribution in [0, 0.1) is 0 Å². The monoisotopic (exact) mass is 204 g/mol. The van der Waals surface area contributed by atoms with Crippen molar-refractivity contribution in [1.82, 2.24) is 15.1 Å². The Labute approximate surface area is 86.9 Å². The molecule has 1 aromatic carbocycles. The zero-order valence-corrected chi connectivity index (χ0v) is 8.61. The molecule has 5 nitrogen and oxygen atoms in total. The number of aryl methyl sites for hydroxylation is 1. The van der Waals surface area contributed by atoms with Crippen LogP contribution < -0.4 is 11.1 Å². The summed E-state index contributed by atoms with van der Waals surface area (Å²) < 4.78 is 1.67. The molecular weight excluding hydrogens is 192 g/mol. The van der Waals surface area contributed by atoms with Gasteiger partial charge in [-0.3, -0.25) is 9.48 Å². The first-order valence-corrected chi connectivity index (χ1v) is 4.58. The Kier molecular flexibility index (Phi) is 2.07. The van der Waals surface area contributed by atoms with Crippen LogP contribution in [0.4, 0.5) is 5.69 Å². The molecule has 0 aliphatic carbocycles. The van der Waals surface area contributed by atoms with Gasteiger partial charge in [0.15, 0.2) is 5.69 Å². The molecule has 0 unspecified atom stereocenters. The van der Waals surface area contributed by atoms with E-state index in [9.17, 15) is 4.79 Å². The van der Waals surface area contributed by atoms with Crippen LogP contribution in [0.3, 0.4) is 0 Å². The van der Waals surface area contributed by atoms with Gasteiger partial charge in [0.1, 0.15) is 0 Å². The standard InChI is InChI=1S/C10H12N4O/c1-12-10(15)9-7-5-6(11)3-4-8(7)14(2)13-9/h3-5H,11H2,1-2H3,(H,12,15). The number of benzene rings is 1. The van der Waals surface area contributed by atoms with E-state index in [1.165, 1.54) is 0 Å². The molecule has 0 saturated heterocycles. The van der Waals surface area contributed by atoms with Gasteiger partial charge in [0.2, 0.25) is 0 Å². The summed E-state index contributed by atoms with van der Waals surface area (Å²) in [6.45, 7) is 0. The summed E-state index contributed by atoms with van der Waals surface area (Å²) in [5, 5.41) is 7.48. The quantitative estimate of drug-likeness (QED) is 0.665. The fourth-order valence-electron chi connectivity index (χ4n) is 1.57. The SMILES string of the molecule is CNC(=O)c1nn(C)c2ccc(N)cc12. The molecule has 0 aliphatic heterocycles. The lowest BCUT2D eigenvalue weighted by Crippen LogP contribution is -2.18. The molecular formula is C10H12N4O. The molecule has 1 amide bonds. The van der Waals surface area contributed by atoms with E-state index in [1.54, 1.807) is 30.9 Å². The molecule has 78 valence electrons. The highest BCUT2D eigenvalue weighted by atomic mass is 16.1. The van der Waals surface area contributed by atoms with Crippen LogP contribution in [0.1, 0.15) is 10.5 Å². The summed E-state index contributed by atoms with van der Waals surface area (Å²) in [5.41, 5.74) is 7.60. The summed E-state index contributed by atoms with van der Waals surface area (Å²) in [6.07, 6.45) is 0. The zero-order chi connectivity index (χ0) is 11.0. The maximum absolute atomic E-state index is 11.5. The number of fused-ring (bicyclic) bond motifs is 1. The van der Waals surface area contributed by atoms with E-state index in [-0.39, 0.29) is 5.91 Å². The number of anilines is 1. The fourth-order valence-corrected chi connectivity index (χ4v) is 1.57. The van der Waals surface area contributed by atoms with Gasteiger partial charge >= 0.3 is 0 Å². The molecule has 2 aromatic rings.